The summed E-state index contributed by atoms with van der Waals surface area (Å²) in [5.41, 5.74) is 2.31. The number of hydrogen-bond acceptors (Lipinski definition) is 4. The van der Waals surface area contributed by atoms with Crippen molar-refractivity contribution >= 4 is 27.0 Å². The quantitative estimate of drug-likeness (QED) is 0.732. The van der Waals surface area contributed by atoms with E-state index < -0.39 is 10.0 Å². The molecule has 2 heterocycles. The molecule has 1 atom stereocenters. The fourth-order valence-corrected chi connectivity index (χ4v) is 4.47. The topological polar surface area (TPSA) is 86.4 Å². The lowest BCUT2D eigenvalue weighted by Gasteiger charge is -2.23. The first-order valence-corrected chi connectivity index (χ1v) is 10.6. The van der Waals surface area contributed by atoms with Crippen molar-refractivity contribution in [3.63, 3.8) is 0 Å². The fraction of sp³-hybridized carbons (Fsp3) is 0.300. The van der Waals surface area contributed by atoms with Crippen LogP contribution in [0.5, 0.6) is 0 Å². The molecule has 1 aliphatic rings. The smallest absolute Gasteiger partial charge is 0.254 e. The van der Waals surface area contributed by atoms with E-state index >= 15 is 0 Å². The van der Waals surface area contributed by atoms with Crippen LogP contribution in [0.2, 0.25) is 0 Å². The molecule has 1 N–H and O–H groups in total. The number of carbonyl (C=O) groups excluding carboxylic acids is 1. The highest BCUT2D eigenvalue weighted by Gasteiger charge is 2.32. The molecule has 146 valence electrons. The van der Waals surface area contributed by atoms with Gasteiger partial charge < -0.3 is 9.88 Å². The molecule has 0 spiro atoms. The normalized spacial score (nSPS) is 17.5. The van der Waals surface area contributed by atoms with Gasteiger partial charge in [-0.2, -0.15) is 0 Å². The Kier molecular flexibility index (Phi) is 4.68. The summed E-state index contributed by atoms with van der Waals surface area (Å²) in [7, 11) is -0.548. The van der Waals surface area contributed by atoms with Gasteiger partial charge in [0.1, 0.15) is 5.82 Å². The average Bonchev–Trinajstić information content (AvgIpc) is 3.33. The summed E-state index contributed by atoms with van der Waals surface area (Å²) < 4.78 is 25.6. The number of rotatable bonds is 4. The highest BCUT2D eigenvalue weighted by atomic mass is 32.2. The van der Waals surface area contributed by atoms with Crippen LogP contribution in [0.25, 0.3) is 11.0 Å². The second-order valence-corrected chi connectivity index (χ2v) is 9.26. The van der Waals surface area contributed by atoms with Gasteiger partial charge in [-0.05, 0) is 49.2 Å². The second-order valence-electron chi connectivity index (χ2n) is 7.11. The van der Waals surface area contributed by atoms with Gasteiger partial charge in [-0.3, -0.25) is 4.79 Å². The van der Waals surface area contributed by atoms with E-state index in [0.717, 1.165) is 34.0 Å². The molecule has 2 aromatic carbocycles. The Morgan fingerprint density at radius 1 is 1.14 bits per heavy atom. The van der Waals surface area contributed by atoms with E-state index in [9.17, 15) is 13.2 Å². The predicted molar refractivity (Wildman–Crippen MR) is 106 cm³/mol. The molecule has 7 nitrogen and oxygen atoms in total. The van der Waals surface area contributed by atoms with E-state index in [0.29, 0.717) is 12.1 Å². The van der Waals surface area contributed by atoms with Crippen LogP contribution in [0.3, 0.4) is 0 Å². The van der Waals surface area contributed by atoms with Crippen LogP contribution in [0, 0.1) is 0 Å². The van der Waals surface area contributed by atoms with Gasteiger partial charge in [0.25, 0.3) is 5.91 Å². The van der Waals surface area contributed by atoms with Gasteiger partial charge in [-0.15, -0.1) is 0 Å². The van der Waals surface area contributed by atoms with Gasteiger partial charge in [0.2, 0.25) is 10.0 Å². The molecule has 1 unspecified atom stereocenters. The van der Waals surface area contributed by atoms with Gasteiger partial charge in [0.05, 0.1) is 22.0 Å². The zero-order chi connectivity index (χ0) is 19.9. The minimum atomic E-state index is -3.51. The molecule has 4 rings (SSSR count). The van der Waals surface area contributed by atoms with Crippen LogP contribution in [-0.2, 0) is 10.0 Å². The standard InChI is InChI=1S/C20H22N4O3S/c1-23(2)28(26,27)15-11-9-14(10-12-15)20(25)24-13-5-8-18(24)19-21-16-6-3-4-7-17(16)22-19/h3-4,6-7,9-12,18H,5,8,13H2,1-2H3,(H,21,22). The number of H-pyrrole nitrogens is 1. The van der Waals surface area contributed by atoms with Crippen LogP contribution in [0.15, 0.2) is 53.4 Å². The molecule has 3 aromatic rings. The maximum Gasteiger partial charge on any atom is 0.254 e. The van der Waals surface area contributed by atoms with Gasteiger partial charge in [0, 0.05) is 26.2 Å². The Hall–Kier alpha value is -2.71. The van der Waals surface area contributed by atoms with Gasteiger partial charge in [0.15, 0.2) is 0 Å². The molecule has 1 fully saturated rings. The molecule has 28 heavy (non-hydrogen) atoms. The number of sulfonamides is 1. The molecule has 1 aromatic heterocycles. The number of imidazole rings is 1. The predicted octanol–water partition coefficient (Wildman–Crippen LogP) is 2.79. The van der Waals surface area contributed by atoms with Crippen LogP contribution in [0.4, 0.5) is 0 Å². The number of amides is 1. The molecule has 1 amide bonds. The van der Waals surface area contributed by atoms with E-state index in [1.54, 1.807) is 12.1 Å². The number of fused-ring (bicyclic) bond motifs is 1. The summed E-state index contributed by atoms with van der Waals surface area (Å²) >= 11 is 0. The monoisotopic (exact) mass is 398 g/mol. The molecule has 1 saturated heterocycles. The molecule has 0 aliphatic carbocycles. The van der Waals surface area contributed by atoms with Crippen molar-refractivity contribution in [2.45, 2.75) is 23.8 Å². The zero-order valence-electron chi connectivity index (χ0n) is 15.8. The summed E-state index contributed by atoms with van der Waals surface area (Å²) in [6.45, 7) is 0.651. The minimum absolute atomic E-state index is 0.106. The van der Waals surface area contributed by atoms with Crippen molar-refractivity contribution in [3.8, 4) is 0 Å². The van der Waals surface area contributed by atoms with Crippen LogP contribution >= 0.6 is 0 Å². The number of aromatic amines is 1. The molecule has 0 saturated carbocycles. The number of carbonyl (C=O) groups is 1. The summed E-state index contributed by atoms with van der Waals surface area (Å²) in [6, 6.07) is 13.8. The van der Waals surface area contributed by atoms with Crippen LogP contribution in [-0.4, -0.2) is 54.1 Å². The summed E-state index contributed by atoms with van der Waals surface area (Å²) in [4.78, 5) is 23.0. The number of para-hydroxylation sites is 2. The first-order chi connectivity index (χ1) is 13.4. The third kappa shape index (κ3) is 3.18. The van der Waals surface area contributed by atoms with E-state index in [1.807, 2.05) is 29.2 Å². The van der Waals surface area contributed by atoms with Crippen molar-refractivity contribution < 1.29 is 13.2 Å². The third-order valence-corrected chi connectivity index (χ3v) is 6.95. The lowest BCUT2D eigenvalue weighted by atomic mass is 10.1. The summed E-state index contributed by atoms with van der Waals surface area (Å²) in [5, 5.41) is 0. The average molecular weight is 398 g/mol. The molecule has 1 aliphatic heterocycles. The number of hydrogen-bond donors (Lipinski definition) is 1. The van der Waals surface area contributed by atoms with Crippen LogP contribution in [0.1, 0.15) is 35.1 Å². The number of benzene rings is 2. The van der Waals surface area contributed by atoms with E-state index in [-0.39, 0.29) is 16.8 Å². The Balaban J connectivity index is 1.60. The largest absolute Gasteiger partial charge is 0.340 e. The Morgan fingerprint density at radius 2 is 1.86 bits per heavy atom. The number of likely N-dealkylation sites (tertiary alicyclic amines) is 1. The Bertz CT molecular complexity index is 1090. The Labute approximate surface area is 164 Å². The van der Waals surface area contributed by atoms with Gasteiger partial charge in [-0.25, -0.2) is 17.7 Å². The molecule has 0 radical (unpaired) electrons. The molecule has 0 bridgehead atoms. The van der Waals surface area contributed by atoms with Crippen molar-refractivity contribution in [2.24, 2.45) is 0 Å². The van der Waals surface area contributed by atoms with E-state index in [2.05, 4.69) is 9.97 Å². The van der Waals surface area contributed by atoms with Crippen molar-refractivity contribution in [3.05, 3.63) is 59.9 Å². The van der Waals surface area contributed by atoms with Gasteiger partial charge >= 0.3 is 0 Å². The lowest BCUT2D eigenvalue weighted by Crippen LogP contribution is -2.31. The molecular weight excluding hydrogens is 376 g/mol. The van der Waals surface area contributed by atoms with Crippen molar-refractivity contribution in [1.29, 1.82) is 0 Å². The number of nitrogens with zero attached hydrogens (tertiary/aromatic N) is 3. The minimum Gasteiger partial charge on any atom is -0.340 e. The highest BCUT2D eigenvalue weighted by molar-refractivity contribution is 7.89. The SMILES string of the molecule is CN(C)S(=O)(=O)c1ccc(C(=O)N2CCCC2c2nc3ccccc3[nH]2)cc1. The Morgan fingerprint density at radius 3 is 2.54 bits per heavy atom. The highest BCUT2D eigenvalue weighted by Crippen LogP contribution is 2.32. The van der Waals surface area contributed by atoms with Crippen molar-refractivity contribution in [2.75, 3.05) is 20.6 Å². The summed E-state index contributed by atoms with van der Waals surface area (Å²) in [6.07, 6.45) is 1.75. The maximum atomic E-state index is 13.1. The van der Waals surface area contributed by atoms with Crippen LogP contribution < -0.4 is 0 Å². The van der Waals surface area contributed by atoms with E-state index in [4.69, 9.17) is 0 Å². The third-order valence-electron chi connectivity index (χ3n) is 5.12. The summed E-state index contributed by atoms with van der Waals surface area (Å²) in [5.74, 6) is 0.676. The number of aromatic nitrogens is 2. The lowest BCUT2D eigenvalue weighted by molar-refractivity contribution is 0.0730. The number of nitrogens with one attached hydrogen (secondary N) is 1. The fourth-order valence-electron chi connectivity index (χ4n) is 3.57. The zero-order valence-corrected chi connectivity index (χ0v) is 16.6. The second kappa shape index (κ2) is 7.03. The van der Waals surface area contributed by atoms with Crippen molar-refractivity contribution in [1.82, 2.24) is 19.2 Å². The molecular formula is C20H22N4O3S. The van der Waals surface area contributed by atoms with Gasteiger partial charge in [-0.1, -0.05) is 12.1 Å². The molecule has 8 heteroatoms. The van der Waals surface area contributed by atoms with E-state index in [1.165, 1.54) is 26.2 Å². The first-order valence-electron chi connectivity index (χ1n) is 9.16. The first kappa shape index (κ1) is 18.6. The maximum absolute atomic E-state index is 13.1.